The third kappa shape index (κ3) is 7.84. The molecular formula is C31H43N12O9PS. The first-order chi connectivity index (χ1) is 25.7. The average molecular weight is 791 g/mol. The van der Waals surface area contributed by atoms with E-state index >= 15 is 0 Å². The summed E-state index contributed by atoms with van der Waals surface area (Å²) < 4.78 is 86.1. The van der Waals surface area contributed by atoms with Crippen molar-refractivity contribution in [3.8, 4) is 0 Å². The summed E-state index contributed by atoms with van der Waals surface area (Å²) in [6, 6.07) is 1.65. The van der Waals surface area contributed by atoms with Crippen LogP contribution in [-0.2, 0) is 49.6 Å². The minimum absolute atomic E-state index is 0.0177. The number of nitrogens with zero attached hydrogens (tertiary/aromatic N) is 9. The number of hydrogen-bond donors (Lipinski definition) is 3. The van der Waals surface area contributed by atoms with Crippen LogP contribution in [0, 0.1) is 0 Å². The molecule has 292 valence electrons. The van der Waals surface area contributed by atoms with Gasteiger partial charge in [0.05, 0.1) is 49.9 Å². The Hall–Kier alpha value is -4.12. The molecule has 7 atom stereocenters. The Bertz CT molecular complexity index is 2260. The molecule has 0 saturated carbocycles. The van der Waals surface area contributed by atoms with Crippen LogP contribution < -0.4 is 16.0 Å². The van der Waals surface area contributed by atoms with Gasteiger partial charge < -0.3 is 35.0 Å². The number of imidazole rings is 3. The number of fused-ring (bicyclic) bond motifs is 2. The van der Waals surface area contributed by atoms with Gasteiger partial charge in [-0.3, -0.25) is 18.2 Å². The van der Waals surface area contributed by atoms with Gasteiger partial charge in [0.2, 0.25) is 5.16 Å². The van der Waals surface area contributed by atoms with Crippen molar-refractivity contribution in [3.63, 3.8) is 0 Å². The quantitative estimate of drug-likeness (QED) is 0.129. The van der Waals surface area contributed by atoms with Crippen LogP contribution in [0.4, 0.5) is 11.5 Å². The minimum Gasteiger partial charge on any atom is -0.397 e. The van der Waals surface area contributed by atoms with E-state index in [0.29, 0.717) is 34.4 Å². The molecule has 2 aliphatic rings. The van der Waals surface area contributed by atoms with Gasteiger partial charge in [0.25, 0.3) is 10.0 Å². The second-order valence-corrected chi connectivity index (χ2v) is 17.1. The van der Waals surface area contributed by atoms with Crippen molar-refractivity contribution in [1.29, 1.82) is 0 Å². The van der Waals surface area contributed by atoms with Gasteiger partial charge >= 0.3 is 7.75 Å². The van der Waals surface area contributed by atoms with E-state index in [1.807, 2.05) is 27.7 Å². The fraction of sp³-hybridized carbons (Fsp3) is 0.548. The number of aromatic nitrogens is 9. The lowest BCUT2D eigenvalue weighted by molar-refractivity contribution is -0.0786. The highest BCUT2D eigenvalue weighted by molar-refractivity contribution is 7.94. The SMILES string of the molecule is CC(C)OC[C@H]1OC(n2cnc3c(N)ncnc32)C[C@H]1OP(=O)(NS(=O)(=O)c1nccn1C)OC[C@H]1OC(n2cnc3c(N)ccnc32)C[C@H]1OC(C)C. The highest BCUT2D eigenvalue weighted by Crippen LogP contribution is 2.51. The zero-order chi connectivity index (χ0) is 38.4. The Morgan fingerprint density at radius 1 is 0.889 bits per heavy atom. The van der Waals surface area contributed by atoms with Crippen LogP contribution in [-0.4, -0.2) is 102 Å². The Kier molecular flexibility index (Phi) is 10.7. The van der Waals surface area contributed by atoms with Crippen LogP contribution in [0.3, 0.4) is 0 Å². The van der Waals surface area contributed by atoms with Crippen molar-refractivity contribution < 1.29 is 41.0 Å². The summed E-state index contributed by atoms with van der Waals surface area (Å²) in [6.45, 7) is 7.06. The first-order valence-electron chi connectivity index (χ1n) is 17.2. The van der Waals surface area contributed by atoms with Crippen LogP contribution in [0.1, 0.15) is 53.0 Å². The average Bonchev–Trinajstić information content (AvgIpc) is 3.93. The molecule has 2 aliphatic heterocycles. The molecule has 5 aromatic rings. The lowest BCUT2D eigenvalue weighted by Crippen LogP contribution is -2.35. The maximum Gasteiger partial charge on any atom is 0.419 e. The van der Waals surface area contributed by atoms with Gasteiger partial charge in [0.1, 0.15) is 48.1 Å². The van der Waals surface area contributed by atoms with E-state index in [0.717, 1.165) is 0 Å². The number of nitrogens with one attached hydrogen (secondary N) is 1. The minimum atomic E-state index is -4.81. The first-order valence-corrected chi connectivity index (χ1v) is 20.3. The number of rotatable bonds is 15. The van der Waals surface area contributed by atoms with Gasteiger partial charge in [-0.15, -0.1) is 4.49 Å². The Morgan fingerprint density at radius 2 is 1.56 bits per heavy atom. The molecule has 2 fully saturated rings. The van der Waals surface area contributed by atoms with Crippen LogP contribution >= 0.6 is 7.75 Å². The molecule has 0 radical (unpaired) electrons. The summed E-state index contributed by atoms with van der Waals surface area (Å²) in [5, 5.41) is -0.408. The lowest BCUT2D eigenvalue weighted by Gasteiger charge is -2.27. The van der Waals surface area contributed by atoms with Crippen molar-refractivity contribution in [2.75, 3.05) is 24.7 Å². The van der Waals surface area contributed by atoms with Gasteiger partial charge in [0.15, 0.2) is 17.1 Å². The number of sulfonamides is 1. The fourth-order valence-electron chi connectivity index (χ4n) is 6.41. The Balaban J connectivity index is 1.18. The highest BCUT2D eigenvalue weighted by Gasteiger charge is 2.47. The molecule has 2 saturated heterocycles. The lowest BCUT2D eigenvalue weighted by atomic mass is 10.2. The zero-order valence-corrected chi connectivity index (χ0v) is 31.9. The molecule has 23 heteroatoms. The normalized spacial score (nSPS) is 24.7. The van der Waals surface area contributed by atoms with E-state index in [1.165, 1.54) is 36.7 Å². The highest BCUT2D eigenvalue weighted by atomic mass is 32.2. The predicted molar refractivity (Wildman–Crippen MR) is 192 cm³/mol. The largest absolute Gasteiger partial charge is 0.419 e. The van der Waals surface area contributed by atoms with E-state index in [4.69, 9.17) is 39.5 Å². The van der Waals surface area contributed by atoms with Gasteiger partial charge in [0, 0.05) is 38.5 Å². The summed E-state index contributed by atoms with van der Waals surface area (Å²) >= 11 is 0. The number of anilines is 2. The molecule has 7 heterocycles. The van der Waals surface area contributed by atoms with Crippen molar-refractivity contribution in [2.45, 2.75) is 94.8 Å². The van der Waals surface area contributed by atoms with Crippen LogP contribution in [0.5, 0.6) is 0 Å². The van der Waals surface area contributed by atoms with Gasteiger partial charge in [-0.2, -0.15) is 0 Å². The molecule has 5 aromatic heterocycles. The van der Waals surface area contributed by atoms with E-state index in [1.54, 1.807) is 27.7 Å². The summed E-state index contributed by atoms with van der Waals surface area (Å²) in [4.78, 5) is 25.4. The molecule has 0 bridgehead atoms. The number of pyridine rings is 1. The number of nitrogens with two attached hydrogens (primary N) is 2. The molecular weight excluding hydrogens is 747 g/mol. The zero-order valence-electron chi connectivity index (χ0n) is 30.2. The first kappa shape index (κ1) is 38.2. The number of aryl methyl sites for hydroxylation is 1. The van der Waals surface area contributed by atoms with Crippen LogP contribution in [0.25, 0.3) is 22.3 Å². The number of ether oxygens (including phenoxy) is 4. The summed E-state index contributed by atoms with van der Waals surface area (Å²) in [5.41, 5.74) is 14.4. The maximum absolute atomic E-state index is 14.9. The molecule has 54 heavy (non-hydrogen) atoms. The van der Waals surface area contributed by atoms with Gasteiger partial charge in [-0.25, -0.2) is 42.9 Å². The van der Waals surface area contributed by atoms with Gasteiger partial charge in [-0.1, -0.05) is 0 Å². The second kappa shape index (κ2) is 15.2. The Morgan fingerprint density at radius 3 is 2.22 bits per heavy atom. The fourth-order valence-corrected chi connectivity index (χ4v) is 9.91. The molecule has 0 aromatic carbocycles. The maximum atomic E-state index is 14.9. The number of hydrogen-bond acceptors (Lipinski definition) is 17. The van der Waals surface area contributed by atoms with E-state index < -0.39 is 66.4 Å². The summed E-state index contributed by atoms with van der Waals surface area (Å²) in [5.74, 6) is 0.184. The summed E-state index contributed by atoms with van der Waals surface area (Å²) in [7, 11) is -7.90. The number of nitrogen functional groups attached to an aromatic ring is 2. The molecule has 0 amide bonds. The van der Waals surface area contributed by atoms with Crippen molar-refractivity contribution in [3.05, 3.63) is 43.6 Å². The van der Waals surface area contributed by atoms with Crippen molar-refractivity contribution in [1.82, 2.24) is 48.1 Å². The molecule has 21 nitrogen and oxygen atoms in total. The third-order valence-electron chi connectivity index (χ3n) is 8.83. The molecule has 0 aliphatic carbocycles. The molecule has 3 unspecified atom stereocenters. The Labute approximate surface area is 310 Å². The summed E-state index contributed by atoms with van der Waals surface area (Å²) in [6.07, 6.45) is 4.08. The topological polar surface area (TPSA) is 263 Å². The second-order valence-electron chi connectivity index (χ2n) is 13.5. The van der Waals surface area contributed by atoms with E-state index in [-0.39, 0.29) is 31.1 Å². The molecule has 5 N–H and O–H groups in total. The monoisotopic (exact) mass is 790 g/mol. The standard InChI is InChI=1S/C31H43N12O9PS/c1-17(2)47-12-22-21(11-25(50-22)43-16-39-27-28(33)36-14-37-30(27)43)52-53(44,40-54(45,46)31-35-8-9-41(31)5)48-13-23-20(49-18(3)4)10-24(51-23)42-15-38-26-19(32)6-7-34-29(26)42/h6-9,14-18,20-25H,10-13H2,1-5H3,(H2,32,34)(H,40,44)(H2,33,36,37)/t20-,21-,22-,23-,24?,25?,53?/m1/s1. The molecule has 0 spiro atoms. The third-order valence-corrected chi connectivity index (χ3v) is 12.6. The predicted octanol–water partition coefficient (Wildman–Crippen LogP) is 2.45. The van der Waals surface area contributed by atoms with Crippen LogP contribution in [0.15, 0.2) is 48.8 Å². The molecule has 7 rings (SSSR count). The van der Waals surface area contributed by atoms with Crippen molar-refractivity contribution >= 4 is 51.6 Å². The van der Waals surface area contributed by atoms with Crippen molar-refractivity contribution in [2.24, 2.45) is 7.05 Å². The van der Waals surface area contributed by atoms with E-state index in [2.05, 4.69) is 34.4 Å². The van der Waals surface area contributed by atoms with Gasteiger partial charge in [-0.05, 0) is 33.8 Å². The smallest absolute Gasteiger partial charge is 0.397 e. The van der Waals surface area contributed by atoms with E-state index in [9.17, 15) is 13.0 Å². The van der Waals surface area contributed by atoms with Crippen LogP contribution in [0.2, 0.25) is 0 Å².